The van der Waals surface area contributed by atoms with Crippen LogP contribution >= 0.6 is 12.0 Å². The van der Waals surface area contributed by atoms with Crippen LogP contribution in [0.25, 0.3) is 11.1 Å². The van der Waals surface area contributed by atoms with Gasteiger partial charge >= 0.3 is 5.97 Å². The highest BCUT2D eigenvalue weighted by Gasteiger charge is 2.27. The van der Waals surface area contributed by atoms with E-state index in [0.717, 1.165) is 12.0 Å². The Bertz CT molecular complexity index is 817. The molecule has 0 radical (unpaired) electrons. The molecule has 0 aromatic heterocycles. The van der Waals surface area contributed by atoms with E-state index >= 15 is 0 Å². The van der Waals surface area contributed by atoms with E-state index in [1.807, 2.05) is 0 Å². The van der Waals surface area contributed by atoms with Gasteiger partial charge in [0.25, 0.3) is 0 Å². The van der Waals surface area contributed by atoms with Crippen molar-refractivity contribution in [2.75, 3.05) is 20.8 Å². The first kappa shape index (κ1) is 17.5. The second kappa shape index (κ2) is 7.69. The van der Waals surface area contributed by atoms with E-state index < -0.39 is 11.8 Å². The van der Waals surface area contributed by atoms with Crippen LogP contribution in [0.3, 0.4) is 0 Å². The third-order valence-electron chi connectivity index (χ3n) is 3.70. The normalized spacial score (nSPS) is 14.0. The van der Waals surface area contributed by atoms with Crippen molar-refractivity contribution in [2.45, 2.75) is 4.90 Å². The summed E-state index contributed by atoms with van der Waals surface area (Å²) in [7, 11) is 2.91. The first-order valence-electron chi connectivity index (χ1n) is 7.36. The van der Waals surface area contributed by atoms with E-state index in [2.05, 4.69) is 9.22 Å². The number of esters is 1. The summed E-state index contributed by atoms with van der Waals surface area (Å²) in [6.45, 7) is 0.0979. The number of hydrogen-bond donors (Lipinski definition) is 0. The molecule has 0 amide bonds. The molecule has 0 fully saturated rings. The average molecular weight is 362 g/mol. The maximum absolute atomic E-state index is 14.2. The molecule has 3 rings (SSSR count). The first-order valence-corrected chi connectivity index (χ1v) is 8.10. The lowest BCUT2D eigenvalue weighted by atomic mass is 9.96. The number of ether oxygens (including phenoxy) is 2. The predicted octanol–water partition coefficient (Wildman–Crippen LogP) is 3.89. The van der Waals surface area contributed by atoms with Crippen molar-refractivity contribution in [1.82, 2.24) is 0 Å². The topological polar surface area (TPSA) is 54.0 Å². The minimum atomic E-state index is -0.472. The molecule has 2 aromatic rings. The van der Waals surface area contributed by atoms with E-state index in [-0.39, 0.29) is 11.5 Å². The van der Waals surface area contributed by atoms with Crippen molar-refractivity contribution in [3.8, 4) is 5.75 Å². The minimum Gasteiger partial charge on any atom is -0.497 e. The lowest BCUT2D eigenvalue weighted by Crippen LogP contribution is -1.98. The molecule has 0 N–H and O–H groups in total. The molecule has 1 aliphatic rings. The fraction of sp³-hybridized carbons (Fsp3) is 0.167. The standard InChI is InChI=1S/C18H15FO5S/c1-21-13-6-3-11(4-7-13)17-14(10-23-18(17)20)12-5-8-16(15(19)9-12)25-24-22-2/h3-9H,10H2,1-2H3. The number of hydrogen-bond acceptors (Lipinski definition) is 6. The lowest BCUT2D eigenvalue weighted by Gasteiger charge is -2.07. The van der Waals surface area contributed by atoms with Crippen LogP contribution in [0.15, 0.2) is 47.4 Å². The van der Waals surface area contributed by atoms with Gasteiger partial charge in [-0.1, -0.05) is 18.2 Å². The third kappa shape index (κ3) is 3.68. The van der Waals surface area contributed by atoms with Gasteiger partial charge in [0.1, 0.15) is 18.2 Å². The van der Waals surface area contributed by atoms with E-state index in [9.17, 15) is 9.18 Å². The molecule has 2 aromatic carbocycles. The zero-order valence-electron chi connectivity index (χ0n) is 13.6. The summed E-state index contributed by atoms with van der Waals surface area (Å²) < 4.78 is 29.2. The van der Waals surface area contributed by atoms with Crippen LogP contribution in [-0.4, -0.2) is 26.8 Å². The summed E-state index contributed by atoms with van der Waals surface area (Å²) in [4.78, 5) is 16.9. The van der Waals surface area contributed by atoms with Crippen LogP contribution in [0.5, 0.6) is 5.75 Å². The van der Waals surface area contributed by atoms with Gasteiger partial charge < -0.3 is 9.47 Å². The lowest BCUT2D eigenvalue weighted by molar-refractivity contribution is -0.160. The molecule has 7 heteroatoms. The molecule has 0 unspecified atom stereocenters. The van der Waals surface area contributed by atoms with Crippen molar-refractivity contribution in [3.05, 3.63) is 59.4 Å². The highest BCUT2D eigenvalue weighted by Crippen LogP contribution is 2.35. The Morgan fingerprint density at radius 2 is 1.80 bits per heavy atom. The van der Waals surface area contributed by atoms with Crippen LogP contribution in [-0.2, 0) is 18.8 Å². The highest BCUT2D eigenvalue weighted by molar-refractivity contribution is 7.94. The van der Waals surface area contributed by atoms with Gasteiger partial charge in [0, 0.05) is 5.57 Å². The Balaban J connectivity index is 1.99. The van der Waals surface area contributed by atoms with Crippen molar-refractivity contribution < 1.29 is 27.9 Å². The first-order chi connectivity index (χ1) is 12.1. The van der Waals surface area contributed by atoms with Gasteiger partial charge in [0.05, 0.1) is 36.7 Å². The van der Waals surface area contributed by atoms with Crippen molar-refractivity contribution >= 4 is 29.2 Å². The molecule has 0 saturated carbocycles. The van der Waals surface area contributed by atoms with Gasteiger partial charge in [-0.15, -0.1) is 0 Å². The molecule has 130 valence electrons. The van der Waals surface area contributed by atoms with Gasteiger partial charge in [0.2, 0.25) is 0 Å². The molecule has 0 spiro atoms. The highest BCUT2D eigenvalue weighted by atomic mass is 32.2. The molecule has 5 nitrogen and oxygen atoms in total. The SMILES string of the molecule is COOSc1ccc(C2=C(c3ccc(OC)cc3)C(=O)OC2)cc1F. The van der Waals surface area contributed by atoms with E-state index in [1.165, 1.54) is 13.2 Å². The summed E-state index contributed by atoms with van der Waals surface area (Å²) >= 11 is 0.775. The van der Waals surface area contributed by atoms with Crippen molar-refractivity contribution in [3.63, 3.8) is 0 Å². The molecule has 1 heterocycles. The summed E-state index contributed by atoms with van der Waals surface area (Å²) in [5.41, 5.74) is 2.34. The summed E-state index contributed by atoms with van der Waals surface area (Å²) in [6.07, 6.45) is 0. The van der Waals surface area contributed by atoms with Gasteiger partial charge in [-0.2, -0.15) is 4.33 Å². The molecular weight excluding hydrogens is 347 g/mol. The van der Waals surface area contributed by atoms with Crippen LogP contribution in [0, 0.1) is 5.82 Å². The van der Waals surface area contributed by atoms with Crippen LogP contribution < -0.4 is 4.74 Å². The maximum atomic E-state index is 14.2. The van der Waals surface area contributed by atoms with Crippen LogP contribution in [0.1, 0.15) is 11.1 Å². The fourth-order valence-corrected chi connectivity index (χ4v) is 2.91. The van der Waals surface area contributed by atoms with E-state index in [4.69, 9.17) is 9.47 Å². The number of benzene rings is 2. The number of carbonyl (C=O) groups excluding carboxylic acids is 1. The summed E-state index contributed by atoms with van der Waals surface area (Å²) in [5, 5.41) is 0. The summed E-state index contributed by atoms with van der Waals surface area (Å²) in [5.74, 6) is -0.218. The second-order valence-corrected chi connectivity index (χ2v) is 5.86. The number of carbonyl (C=O) groups is 1. The van der Waals surface area contributed by atoms with Gasteiger partial charge in [-0.25, -0.2) is 14.1 Å². The molecule has 25 heavy (non-hydrogen) atoms. The van der Waals surface area contributed by atoms with Crippen LogP contribution in [0.2, 0.25) is 0 Å². The Labute approximate surface area is 148 Å². The molecule has 0 aliphatic carbocycles. The van der Waals surface area contributed by atoms with E-state index in [1.54, 1.807) is 43.5 Å². The molecule has 0 saturated heterocycles. The number of methoxy groups -OCH3 is 1. The summed E-state index contributed by atoms with van der Waals surface area (Å²) in [6, 6.07) is 11.7. The largest absolute Gasteiger partial charge is 0.497 e. The van der Waals surface area contributed by atoms with Crippen molar-refractivity contribution in [2.24, 2.45) is 0 Å². The van der Waals surface area contributed by atoms with Gasteiger partial charge in [0.15, 0.2) is 0 Å². The second-order valence-electron chi connectivity index (χ2n) is 5.12. The predicted molar refractivity (Wildman–Crippen MR) is 91.1 cm³/mol. The molecule has 0 bridgehead atoms. The average Bonchev–Trinajstić information content (AvgIpc) is 3.02. The van der Waals surface area contributed by atoms with Crippen LogP contribution in [0.4, 0.5) is 4.39 Å². The monoisotopic (exact) mass is 362 g/mol. The third-order valence-corrected chi connectivity index (χ3v) is 4.42. The smallest absolute Gasteiger partial charge is 0.339 e. The van der Waals surface area contributed by atoms with Gasteiger partial charge in [-0.05, 0) is 35.4 Å². The molecule has 0 atom stereocenters. The quantitative estimate of drug-likeness (QED) is 0.336. The minimum absolute atomic E-state index is 0.0979. The Morgan fingerprint density at radius 3 is 2.44 bits per heavy atom. The number of rotatable bonds is 6. The molecule has 1 aliphatic heterocycles. The number of cyclic esters (lactones) is 1. The Morgan fingerprint density at radius 1 is 1.08 bits per heavy atom. The zero-order chi connectivity index (χ0) is 17.8. The van der Waals surface area contributed by atoms with Gasteiger partial charge in [-0.3, -0.25) is 0 Å². The number of halogens is 1. The Hall–Kier alpha value is -2.35. The molecular formula is C18H15FO5S. The zero-order valence-corrected chi connectivity index (χ0v) is 14.4. The maximum Gasteiger partial charge on any atom is 0.339 e. The van der Waals surface area contributed by atoms with E-state index in [0.29, 0.717) is 28.0 Å². The van der Waals surface area contributed by atoms with Crippen molar-refractivity contribution in [1.29, 1.82) is 0 Å². The Kier molecular flexibility index (Phi) is 5.37. The fourth-order valence-electron chi connectivity index (χ4n) is 2.51.